The second-order valence-electron chi connectivity index (χ2n) is 3.20. The summed E-state index contributed by atoms with van der Waals surface area (Å²) in [4.78, 5) is 0. The number of aliphatic hydroxyl groups excluding tert-OH is 1. The molecule has 3 nitrogen and oxygen atoms in total. The summed E-state index contributed by atoms with van der Waals surface area (Å²) in [5, 5.41) is 17.8. The molecule has 0 spiro atoms. The minimum absolute atomic E-state index is 0.0388. The summed E-state index contributed by atoms with van der Waals surface area (Å²) in [5.74, 6) is 0. The van der Waals surface area contributed by atoms with Crippen molar-refractivity contribution in [1.82, 2.24) is 4.57 Å². The largest absolute Gasteiger partial charge is 0.392 e. The van der Waals surface area contributed by atoms with Crippen molar-refractivity contribution in [2.75, 3.05) is 0 Å². The van der Waals surface area contributed by atoms with Gasteiger partial charge in [-0.15, -0.1) is 0 Å². The standard InChI is InChI=1S/C12H10N2O/c13-8-12-2-1-7-14(12)11-5-3-10(9-15)4-6-11/h1-7,15H,9H2. The molecule has 1 heterocycles. The van der Waals surface area contributed by atoms with E-state index < -0.39 is 0 Å². The molecule has 2 aromatic rings. The van der Waals surface area contributed by atoms with Crippen LogP contribution in [0.1, 0.15) is 11.3 Å². The third-order valence-corrected chi connectivity index (χ3v) is 2.26. The van der Waals surface area contributed by atoms with Crippen molar-refractivity contribution >= 4 is 0 Å². The van der Waals surface area contributed by atoms with Crippen molar-refractivity contribution in [1.29, 1.82) is 5.26 Å². The van der Waals surface area contributed by atoms with E-state index in [9.17, 15) is 0 Å². The molecule has 0 atom stereocenters. The first-order valence-corrected chi connectivity index (χ1v) is 4.63. The van der Waals surface area contributed by atoms with Gasteiger partial charge in [0.1, 0.15) is 11.8 Å². The van der Waals surface area contributed by atoms with E-state index in [1.54, 1.807) is 10.6 Å². The Morgan fingerprint density at radius 2 is 1.93 bits per heavy atom. The molecule has 0 fully saturated rings. The molecule has 1 N–H and O–H groups in total. The van der Waals surface area contributed by atoms with Crippen LogP contribution >= 0.6 is 0 Å². The van der Waals surface area contributed by atoms with Crippen LogP contribution < -0.4 is 0 Å². The monoisotopic (exact) mass is 198 g/mol. The fraction of sp³-hybridized carbons (Fsp3) is 0.0833. The molecule has 0 aliphatic rings. The first-order chi connectivity index (χ1) is 7.35. The molecule has 15 heavy (non-hydrogen) atoms. The van der Waals surface area contributed by atoms with Gasteiger partial charge in [0.05, 0.1) is 6.61 Å². The molecular formula is C12H10N2O. The Bertz CT molecular complexity index is 491. The molecule has 2 rings (SSSR count). The van der Waals surface area contributed by atoms with Gasteiger partial charge >= 0.3 is 0 Å². The van der Waals surface area contributed by atoms with Crippen LogP contribution in [0, 0.1) is 11.3 Å². The van der Waals surface area contributed by atoms with Crippen molar-refractivity contribution in [2.24, 2.45) is 0 Å². The van der Waals surface area contributed by atoms with Gasteiger partial charge in [0, 0.05) is 11.9 Å². The second-order valence-corrected chi connectivity index (χ2v) is 3.20. The quantitative estimate of drug-likeness (QED) is 0.800. The van der Waals surface area contributed by atoms with Crippen molar-refractivity contribution < 1.29 is 5.11 Å². The summed E-state index contributed by atoms with van der Waals surface area (Å²) in [6.07, 6.45) is 1.84. The number of aromatic nitrogens is 1. The maximum Gasteiger partial charge on any atom is 0.124 e. The molecule has 0 aliphatic heterocycles. The minimum Gasteiger partial charge on any atom is -0.392 e. The lowest BCUT2D eigenvalue weighted by Crippen LogP contribution is -1.95. The van der Waals surface area contributed by atoms with Crippen LogP contribution in [-0.4, -0.2) is 9.67 Å². The van der Waals surface area contributed by atoms with E-state index in [-0.39, 0.29) is 6.61 Å². The Balaban J connectivity index is 2.42. The Morgan fingerprint density at radius 3 is 2.53 bits per heavy atom. The molecule has 1 aromatic heterocycles. The molecule has 0 amide bonds. The third-order valence-electron chi connectivity index (χ3n) is 2.26. The zero-order chi connectivity index (χ0) is 10.7. The van der Waals surface area contributed by atoms with Gasteiger partial charge in [-0.05, 0) is 29.8 Å². The highest BCUT2D eigenvalue weighted by molar-refractivity contribution is 5.40. The average molecular weight is 198 g/mol. The number of nitriles is 1. The van der Waals surface area contributed by atoms with Crippen molar-refractivity contribution in [3.8, 4) is 11.8 Å². The predicted octanol–water partition coefficient (Wildman–Crippen LogP) is 1.84. The molecule has 74 valence electrons. The summed E-state index contributed by atoms with van der Waals surface area (Å²) in [6.45, 7) is 0.0388. The summed E-state index contributed by atoms with van der Waals surface area (Å²) >= 11 is 0. The van der Waals surface area contributed by atoms with Crippen LogP contribution in [0.4, 0.5) is 0 Å². The second kappa shape index (κ2) is 3.99. The topological polar surface area (TPSA) is 49.0 Å². The van der Waals surface area contributed by atoms with E-state index in [2.05, 4.69) is 6.07 Å². The van der Waals surface area contributed by atoms with Gasteiger partial charge < -0.3 is 9.67 Å². The predicted molar refractivity (Wildman–Crippen MR) is 56.4 cm³/mol. The number of hydrogen-bond donors (Lipinski definition) is 1. The van der Waals surface area contributed by atoms with Crippen LogP contribution in [0.3, 0.4) is 0 Å². The van der Waals surface area contributed by atoms with E-state index in [4.69, 9.17) is 10.4 Å². The molecule has 1 aromatic carbocycles. The van der Waals surface area contributed by atoms with Crippen molar-refractivity contribution in [3.63, 3.8) is 0 Å². The molecule has 0 saturated carbocycles. The third kappa shape index (κ3) is 1.76. The maximum atomic E-state index is 8.90. The van der Waals surface area contributed by atoms with E-state index in [1.165, 1.54) is 0 Å². The molecule has 0 saturated heterocycles. The molecule has 3 heteroatoms. The lowest BCUT2D eigenvalue weighted by atomic mass is 10.2. The SMILES string of the molecule is N#Cc1cccn1-c1ccc(CO)cc1. The van der Waals surface area contributed by atoms with Crippen LogP contribution in [0.2, 0.25) is 0 Å². The van der Waals surface area contributed by atoms with Crippen molar-refractivity contribution in [2.45, 2.75) is 6.61 Å². The molecule has 0 aliphatic carbocycles. The highest BCUT2D eigenvalue weighted by Crippen LogP contribution is 2.13. The van der Waals surface area contributed by atoms with Crippen LogP contribution in [-0.2, 0) is 6.61 Å². The van der Waals surface area contributed by atoms with E-state index >= 15 is 0 Å². The number of aliphatic hydroxyl groups is 1. The number of hydrogen-bond acceptors (Lipinski definition) is 2. The Morgan fingerprint density at radius 1 is 1.20 bits per heavy atom. The molecule has 0 radical (unpaired) electrons. The van der Waals surface area contributed by atoms with Gasteiger partial charge in [0.25, 0.3) is 0 Å². The Labute approximate surface area is 87.8 Å². The highest BCUT2D eigenvalue weighted by atomic mass is 16.3. The number of nitrogens with zero attached hydrogens (tertiary/aromatic N) is 2. The van der Waals surface area contributed by atoms with Gasteiger partial charge in [0.15, 0.2) is 0 Å². The smallest absolute Gasteiger partial charge is 0.124 e. The zero-order valence-corrected chi connectivity index (χ0v) is 8.09. The van der Waals surface area contributed by atoms with Gasteiger partial charge in [-0.3, -0.25) is 0 Å². The Hall–Kier alpha value is -2.05. The number of benzene rings is 1. The lowest BCUT2D eigenvalue weighted by molar-refractivity contribution is 0.282. The molecule has 0 bridgehead atoms. The summed E-state index contributed by atoms with van der Waals surface area (Å²) in [7, 11) is 0. The zero-order valence-electron chi connectivity index (χ0n) is 8.09. The van der Waals surface area contributed by atoms with Crippen molar-refractivity contribution in [3.05, 3.63) is 53.9 Å². The van der Waals surface area contributed by atoms with E-state index in [0.29, 0.717) is 5.69 Å². The van der Waals surface area contributed by atoms with Crippen LogP contribution in [0.5, 0.6) is 0 Å². The summed E-state index contributed by atoms with van der Waals surface area (Å²) in [6, 6.07) is 13.2. The van der Waals surface area contributed by atoms with Gasteiger partial charge in [0.2, 0.25) is 0 Å². The highest BCUT2D eigenvalue weighted by Gasteiger charge is 2.01. The van der Waals surface area contributed by atoms with Gasteiger partial charge in [-0.1, -0.05) is 12.1 Å². The molecule has 0 unspecified atom stereocenters. The fourth-order valence-electron chi connectivity index (χ4n) is 1.46. The van der Waals surface area contributed by atoms with E-state index in [0.717, 1.165) is 11.3 Å². The maximum absolute atomic E-state index is 8.90. The van der Waals surface area contributed by atoms with Crippen LogP contribution in [0.25, 0.3) is 5.69 Å². The van der Waals surface area contributed by atoms with Gasteiger partial charge in [-0.25, -0.2) is 0 Å². The summed E-state index contributed by atoms with van der Waals surface area (Å²) < 4.78 is 1.81. The first-order valence-electron chi connectivity index (χ1n) is 4.63. The van der Waals surface area contributed by atoms with Crippen LogP contribution in [0.15, 0.2) is 42.6 Å². The minimum atomic E-state index is 0.0388. The Kier molecular flexibility index (Phi) is 2.53. The fourth-order valence-corrected chi connectivity index (χ4v) is 1.46. The number of rotatable bonds is 2. The summed E-state index contributed by atoms with van der Waals surface area (Å²) in [5.41, 5.74) is 2.39. The first kappa shape index (κ1) is 9.50. The normalized spacial score (nSPS) is 9.87. The molecular weight excluding hydrogens is 188 g/mol. The van der Waals surface area contributed by atoms with E-state index in [1.807, 2.05) is 36.5 Å². The van der Waals surface area contributed by atoms with Gasteiger partial charge in [-0.2, -0.15) is 5.26 Å². The lowest BCUT2D eigenvalue weighted by Gasteiger charge is -2.05. The average Bonchev–Trinajstić information content (AvgIpc) is 2.77.